The van der Waals surface area contributed by atoms with Gasteiger partial charge < -0.3 is 10.6 Å². The molecule has 0 spiro atoms. The first-order valence-corrected chi connectivity index (χ1v) is 8.35. The lowest BCUT2D eigenvalue weighted by molar-refractivity contribution is 0.446. The lowest BCUT2D eigenvalue weighted by atomic mass is 9.82. The monoisotopic (exact) mass is 294 g/mol. The third kappa shape index (κ3) is 2.54. The Labute approximate surface area is 131 Å². The van der Waals surface area contributed by atoms with Crippen LogP contribution in [-0.4, -0.2) is 24.0 Å². The van der Waals surface area contributed by atoms with Crippen LogP contribution in [0.5, 0.6) is 0 Å². The molecule has 0 atom stereocenters. The molecule has 1 aromatic heterocycles. The quantitative estimate of drug-likeness (QED) is 0.889. The van der Waals surface area contributed by atoms with Crippen LogP contribution in [0.4, 0.5) is 5.69 Å². The number of fused-ring (bicyclic) bond motifs is 1. The third-order valence-corrected chi connectivity index (χ3v) is 4.75. The highest BCUT2D eigenvalue weighted by Gasteiger charge is 2.22. The van der Waals surface area contributed by atoms with E-state index in [2.05, 4.69) is 33.8 Å². The number of benzene rings is 1. The number of aliphatic imine (C=N–C) groups is 1. The molecule has 0 radical (unpaired) electrons. The van der Waals surface area contributed by atoms with E-state index < -0.39 is 0 Å². The zero-order valence-corrected chi connectivity index (χ0v) is 12.8. The predicted octanol–water partition coefficient (Wildman–Crippen LogP) is 3.65. The van der Waals surface area contributed by atoms with E-state index in [1.807, 2.05) is 12.3 Å². The lowest BCUT2D eigenvalue weighted by Crippen LogP contribution is -2.27. The number of nitrogens with one attached hydrogen (secondary N) is 2. The van der Waals surface area contributed by atoms with Crippen molar-refractivity contribution in [3.8, 4) is 0 Å². The smallest absolute Gasteiger partial charge is 0.195 e. The molecule has 0 unspecified atom stereocenters. The van der Waals surface area contributed by atoms with Crippen LogP contribution in [-0.2, 0) is 0 Å². The van der Waals surface area contributed by atoms with Crippen molar-refractivity contribution in [3.05, 3.63) is 36.0 Å². The van der Waals surface area contributed by atoms with Crippen molar-refractivity contribution in [1.82, 2.24) is 10.3 Å². The fourth-order valence-corrected chi connectivity index (χ4v) is 3.69. The maximum Gasteiger partial charge on any atom is 0.195 e. The van der Waals surface area contributed by atoms with Crippen LogP contribution < -0.4 is 10.6 Å². The summed E-state index contributed by atoms with van der Waals surface area (Å²) in [4.78, 5) is 9.16. The maximum atomic E-state index is 4.69. The second-order valence-electron chi connectivity index (χ2n) is 6.22. The predicted molar refractivity (Wildman–Crippen MR) is 91.5 cm³/mol. The van der Waals surface area contributed by atoms with Gasteiger partial charge in [0.05, 0.1) is 12.1 Å². The van der Waals surface area contributed by atoms with Crippen molar-refractivity contribution in [2.24, 2.45) is 4.99 Å². The van der Waals surface area contributed by atoms with Crippen LogP contribution in [0.25, 0.3) is 10.9 Å². The van der Waals surface area contributed by atoms with E-state index in [4.69, 9.17) is 4.98 Å². The van der Waals surface area contributed by atoms with E-state index in [0.29, 0.717) is 5.92 Å². The van der Waals surface area contributed by atoms with Gasteiger partial charge in [0.1, 0.15) is 0 Å². The minimum absolute atomic E-state index is 0.608. The summed E-state index contributed by atoms with van der Waals surface area (Å²) in [6.45, 7) is 1.78. The van der Waals surface area contributed by atoms with Crippen molar-refractivity contribution >= 4 is 22.5 Å². The molecule has 4 heteroatoms. The zero-order chi connectivity index (χ0) is 14.8. The van der Waals surface area contributed by atoms with E-state index in [-0.39, 0.29) is 0 Å². The molecule has 0 saturated heterocycles. The number of anilines is 1. The zero-order valence-electron chi connectivity index (χ0n) is 12.8. The van der Waals surface area contributed by atoms with Gasteiger partial charge in [0, 0.05) is 29.4 Å². The molecule has 0 amide bonds. The standard InChI is InChI=1S/C18H22N4/c1-2-5-13(6-3-1)16-15(22-18-20-11-12-21-18)9-8-14-7-4-10-19-17(14)16/h4,7-10,13H,1-3,5-6,11-12H2,(H2,20,21,22). The van der Waals surface area contributed by atoms with E-state index in [0.717, 1.165) is 24.6 Å². The minimum Gasteiger partial charge on any atom is -0.354 e. The largest absolute Gasteiger partial charge is 0.354 e. The summed E-state index contributed by atoms with van der Waals surface area (Å²) < 4.78 is 0. The third-order valence-electron chi connectivity index (χ3n) is 4.75. The molecule has 0 bridgehead atoms. The first-order chi connectivity index (χ1) is 10.9. The number of pyridine rings is 1. The maximum absolute atomic E-state index is 4.69. The van der Waals surface area contributed by atoms with Gasteiger partial charge in [0.2, 0.25) is 0 Å². The van der Waals surface area contributed by atoms with E-state index in [1.165, 1.54) is 48.7 Å². The molecule has 1 aromatic carbocycles. The Balaban J connectivity index is 1.79. The van der Waals surface area contributed by atoms with Gasteiger partial charge in [-0.2, -0.15) is 0 Å². The Hall–Kier alpha value is -2.10. The molecule has 22 heavy (non-hydrogen) atoms. The summed E-state index contributed by atoms with van der Waals surface area (Å²) in [7, 11) is 0. The molecule has 2 aromatic rings. The highest BCUT2D eigenvalue weighted by Crippen LogP contribution is 2.39. The number of rotatable bonds is 2. The number of aromatic nitrogens is 1. The van der Waals surface area contributed by atoms with Crippen molar-refractivity contribution in [2.75, 3.05) is 18.4 Å². The number of guanidine groups is 1. The van der Waals surface area contributed by atoms with Crippen molar-refractivity contribution in [1.29, 1.82) is 0 Å². The molecule has 2 aliphatic rings. The molecule has 2 heterocycles. The van der Waals surface area contributed by atoms with Crippen LogP contribution in [0.2, 0.25) is 0 Å². The van der Waals surface area contributed by atoms with E-state index in [9.17, 15) is 0 Å². The van der Waals surface area contributed by atoms with Gasteiger partial charge in [-0.15, -0.1) is 0 Å². The Bertz CT molecular complexity index is 701. The summed E-state index contributed by atoms with van der Waals surface area (Å²) in [6, 6.07) is 8.52. The fourth-order valence-electron chi connectivity index (χ4n) is 3.69. The normalized spacial score (nSPS) is 19.0. The van der Waals surface area contributed by atoms with Gasteiger partial charge in [0.25, 0.3) is 0 Å². The fraction of sp³-hybridized carbons (Fsp3) is 0.444. The van der Waals surface area contributed by atoms with Gasteiger partial charge in [-0.05, 0) is 30.9 Å². The van der Waals surface area contributed by atoms with Gasteiger partial charge in [0.15, 0.2) is 5.96 Å². The first kappa shape index (κ1) is 13.6. The highest BCUT2D eigenvalue weighted by atomic mass is 15.2. The second-order valence-corrected chi connectivity index (χ2v) is 6.22. The van der Waals surface area contributed by atoms with Crippen LogP contribution in [0.3, 0.4) is 0 Å². The van der Waals surface area contributed by atoms with Gasteiger partial charge in [-0.1, -0.05) is 31.4 Å². The van der Waals surface area contributed by atoms with Crippen molar-refractivity contribution in [2.45, 2.75) is 38.0 Å². The number of hydrogen-bond acceptors (Lipinski definition) is 4. The summed E-state index contributed by atoms with van der Waals surface area (Å²) in [5.41, 5.74) is 3.71. The molecular weight excluding hydrogens is 272 g/mol. The van der Waals surface area contributed by atoms with Crippen molar-refractivity contribution < 1.29 is 0 Å². The summed E-state index contributed by atoms with van der Waals surface area (Å²) in [5.74, 6) is 1.50. The summed E-state index contributed by atoms with van der Waals surface area (Å²) >= 11 is 0. The number of nitrogens with zero attached hydrogens (tertiary/aromatic N) is 2. The average molecular weight is 294 g/mol. The number of hydrogen-bond donors (Lipinski definition) is 2. The van der Waals surface area contributed by atoms with E-state index in [1.54, 1.807) is 0 Å². The summed E-state index contributed by atoms with van der Waals surface area (Å²) in [6.07, 6.45) is 8.46. The Morgan fingerprint density at radius 1 is 1.09 bits per heavy atom. The molecule has 2 N–H and O–H groups in total. The summed E-state index contributed by atoms with van der Waals surface area (Å²) in [5, 5.41) is 8.03. The van der Waals surface area contributed by atoms with Gasteiger partial charge >= 0.3 is 0 Å². The Kier molecular flexibility index (Phi) is 3.67. The van der Waals surface area contributed by atoms with Crippen LogP contribution >= 0.6 is 0 Å². The molecule has 4 nitrogen and oxygen atoms in total. The van der Waals surface area contributed by atoms with Crippen molar-refractivity contribution in [3.63, 3.8) is 0 Å². The molecule has 114 valence electrons. The molecule has 1 fully saturated rings. The van der Waals surface area contributed by atoms with Crippen LogP contribution in [0.15, 0.2) is 35.5 Å². The first-order valence-electron chi connectivity index (χ1n) is 8.35. The Morgan fingerprint density at radius 2 is 2.00 bits per heavy atom. The molecule has 1 aliphatic heterocycles. The van der Waals surface area contributed by atoms with Gasteiger partial charge in [-0.3, -0.25) is 9.98 Å². The molecule has 1 saturated carbocycles. The Morgan fingerprint density at radius 3 is 2.82 bits per heavy atom. The second kappa shape index (κ2) is 5.95. The topological polar surface area (TPSA) is 49.3 Å². The molecule has 4 rings (SSSR count). The van der Waals surface area contributed by atoms with E-state index >= 15 is 0 Å². The SMILES string of the molecule is c1cnc2c(C3CCCCC3)c(NC3=NCCN3)ccc2c1. The van der Waals surface area contributed by atoms with Gasteiger partial charge in [-0.25, -0.2) is 0 Å². The average Bonchev–Trinajstić information content (AvgIpc) is 3.08. The highest BCUT2D eigenvalue weighted by molar-refractivity contribution is 5.98. The molecular formula is C18H22N4. The molecule has 1 aliphatic carbocycles. The van der Waals surface area contributed by atoms with Crippen LogP contribution in [0, 0.1) is 0 Å². The van der Waals surface area contributed by atoms with Crippen LogP contribution in [0.1, 0.15) is 43.6 Å². The lowest BCUT2D eigenvalue weighted by Gasteiger charge is -2.25. The minimum atomic E-state index is 0.608.